The lowest BCUT2D eigenvalue weighted by Gasteiger charge is -2.05. The molecule has 0 amide bonds. The fraction of sp³-hybridized carbons (Fsp3) is 0.872. The van der Waals surface area contributed by atoms with Gasteiger partial charge in [-0.3, -0.25) is 9.89 Å². The number of nitrogens with zero attached hydrogens (tertiary/aromatic N) is 1. The Morgan fingerprint density at radius 2 is 0.829 bits per heavy atom. The zero-order valence-electron chi connectivity index (χ0n) is 28.4. The van der Waals surface area contributed by atoms with E-state index in [4.69, 9.17) is 0 Å². The molecule has 0 bridgehead atoms. The lowest BCUT2D eigenvalue weighted by atomic mass is 10.1. The normalized spacial score (nSPS) is 13.8. The Balaban J connectivity index is 1.87. The van der Waals surface area contributed by atoms with Gasteiger partial charge in [0, 0.05) is 6.42 Å². The molecule has 0 fully saturated rings. The van der Waals surface area contributed by atoms with Gasteiger partial charge in [-0.1, -0.05) is 147 Å². The highest BCUT2D eigenvalue weighted by Gasteiger charge is 2.19. The number of hydrogen-bond acceptors (Lipinski definition) is 1. The molecule has 0 unspecified atom stereocenters. The monoisotopic (exact) mass is 572 g/mol. The first kappa shape index (κ1) is 38.0. The molecule has 2 heteroatoms. The Hall–Kier alpha value is -1.05. The van der Waals surface area contributed by atoms with Gasteiger partial charge in [-0.2, -0.15) is 0 Å². The third-order valence-corrected chi connectivity index (χ3v) is 8.96. The van der Waals surface area contributed by atoms with E-state index in [1.807, 2.05) is 0 Å². The van der Waals surface area contributed by atoms with E-state index in [2.05, 4.69) is 48.0 Å². The lowest BCUT2D eigenvalue weighted by molar-refractivity contribution is -0.519. The summed E-state index contributed by atoms with van der Waals surface area (Å²) >= 11 is 0. The minimum atomic E-state index is 1.16. The van der Waals surface area contributed by atoms with Crippen LogP contribution in [0.5, 0.6) is 0 Å². The van der Waals surface area contributed by atoms with Crippen LogP contribution in [0.15, 0.2) is 24.3 Å². The van der Waals surface area contributed by atoms with Gasteiger partial charge in [0.1, 0.15) is 13.1 Å². The fourth-order valence-electron chi connectivity index (χ4n) is 6.17. The molecule has 0 atom stereocenters. The van der Waals surface area contributed by atoms with E-state index < -0.39 is 0 Å². The Kier molecular flexibility index (Phi) is 29.5. The van der Waals surface area contributed by atoms with Crippen LogP contribution >= 0.6 is 0 Å². The molecule has 0 aliphatic carbocycles. The largest absolute Gasteiger partial charge is 0.274 e. The number of nitrogens with one attached hydrogen (secondary N) is 1. The molecule has 240 valence electrons. The molecule has 0 saturated heterocycles. The van der Waals surface area contributed by atoms with E-state index in [0.717, 1.165) is 6.54 Å². The van der Waals surface area contributed by atoms with E-state index in [0.29, 0.717) is 0 Å². The molecule has 1 aliphatic rings. The molecule has 0 aromatic heterocycles. The van der Waals surface area contributed by atoms with E-state index in [1.165, 1.54) is 199 Å². The van der Waals surface area contributed by atoms with Crippen molar-refractivity contribution in [1.82, 2.24) is 5.32 Å². The van der Waals surface area contributed by atoms with Crippen molar-refractivity contribution in [3.05, 3.63) is 24.3 Å². The first-order valence-electron chi connectivity index (χ1n) is 19.0. The third kappa shape index (κ3) is 26.3. The van der Waals surface area contributed by atoms with Crippen LogP contribution in [0.4, 0.5) is 0 Å². The van der Waals surface area contributed by atoms with Gasteiger partial charge in [0.25, 0.3) is 0 Å². The first-order valence-corrected chi connectivity index (χ1v) is 19.0. The fourth-order valence-corrected chi connectivity index (χ4v) is 6.17. The minimum Gasteiger partial charge on any atom is -0.274 e. The number of allylic oxidation sites excluding steroid dienone is 4. The summed E-state index contributed by atoms with van der Waals surface area (Å²) in [6.07, 6.45) is 50.0. The predicted octanol–water partition coefficient (Wildman–Crippen LogP) is 12.5. The van der Waals surface area contributed by atoms with Gasteiger partial charge in [0.05, 0.1) is 6.54 Å². The topological polar surface area (TPSA) is 15.0 Å². The minimum absolute atomic E-state index is 1.16. The van der Waals surface area contributed by atoms with Gasteiger partial charge >= 0.3 is 0 Å². The maximum atomic E-state index is 3.69. The van der Waals surface area contributed by atoms with Crippen molar-refractivity contribution in [2.24, 2.45) is 0 Å². The quantitative estimate of drug-likeness (QED) is 0.0482. The second-order valence-corrected chi connectivity index (χ2v) is 13.0. The van der Waals surface area contributed by atoms with Crippen LogP contribution in [0.3, 0.4) is 0 Å². The molecule has 0 radical (unpaired) electrons. The van der Waals surface area contributed by atoms with Crippen LogP contribution in [-0.4, -0.2) is 30.0 Å². The summed E-state index contributed by atoms with van der Waals surface area (Å²) in [6, 6.07) is 0. The smallest absolute Gasteiger partial charge is 0.244 e. The van der Waals surface area contributed by atoms with Crippen molar-refractivity contribution in [1.29, 1.82) is 0 Å². The second kappa shape index (κ2) is 31.9. The Bertz CT molecular complexity index is 565. The predicted molar refractivity (Wildman–Crippen MR) is 187 cm³/mol. The number of rotatable bonds is 32. The van der Waals surface area contributed by atoms with Crippen molar-refractivity contribution in [2.45, 2.75) is 200 Å². The highest BCUT2D eigenvalue weighted by Crippen LogP contribution is 2.13. The molecule has 0 spiro atoms. The highest BCUT2D eigenvalue weighted by molar-refractivity contribution is 5.78. The van der Waals surface area contributed by atoms with E-state index in [1.54, 1.807) is 5.84 Å². The van der Waals surface area contributed by atoms with Crippen molar-refractivity contribution >= 4 is 5.84 Å². The van der Waals surface area contributed by atoms with Gasteiger partial charge in [0.15, 0.2) is 0 Å². The molecular weight excluding hydrogens is 496 g/mol. The van der Waals surface area contributed by atoms with Crippen LogP contribution in [0.25, 0.3) is 0 Å². The summed E-state index contributed by atoms with van der Waals surface area (Å²) < 4.78 is 2.66. The van der Waals surface area contributed by atoms with Crippen LogP contribution in [0.2, 0.25) is 0 Å². The molecular formula is C39H75N2+. The van der Waals surface area contributed by atoms with Crippen molar-refractivity contribution in [2.75, 3.05) is 19.6 Å². The third-order valence-electron chi connectivity index (χ3n) is 8.96. The molecule has 2 nitrogen and oxygen atoms in total. The molecule has 0 aromatic carbocycles. The van der Waals surface area contributed by atoms with Crippen LogP contribution in [-0.2, 0) is 0 Å². The summed E-state index contributed by atoms with van der Waals surface area (Å²) in [6.45, 7) is 8.26. The lowest BCUT2D eigenvalue weighted by Crippen LogP contribution is -2.23. The molecule has 1 N–H and O–H groups in total. The average Bonchev–Trinajstić information content (AvgIpc) is 3.43. The van der Waals surface area contributed by atoms with Crippen LogP contribution in [0.1, 0.15) is 200 Å². The van der Waals surface area contributed by atoms with E-state index >= 15 is 0 Å². The summed E-state index contributed by atoms with van der Waals surface area (Å²) in [5.41, 5.74) is 0. The van der Waals surface area contributed by atoms with Gasteiger partial charge in [-0.25, -0.2) is 0 Å². The molecule has 41 heavy (non-hydrogen) atoms. The van der Waals surface area contributed by atoms with Gasteiger partial charge in [-0.15, -0.1) is 0 Å². The van der Waals surface area contributed by atoms with Crippen molar-refractivity contribution < 1.29 is 4.58 Å². The molecule has 1 heterocycles. The number of hydrogen-bond donors (Lipinski definition) is 1. The maximum absolute atomic E-state index is 3.69. The van der Waals surface area contributed by atoms with E-state index in [9.17, 15) is 0 Å². The summed E-state index contributed by atoms with van der Waals surface area (Å²) in [4.78, 5) is 0. The average molecular weight is 572 g/mol. The SMILES string of the molecule is CCCCCCCCC=CCCCCCCCCC1=[N+](CCCCCCCCC=CCCCCCCCC)CCN1. The van der Waals surface area contributed by atoms with Crippen LogP contribution in [0, 0.1) is 0 Å². The second-order valence-electron chi connectivity index (χ2n) is 13.0. The van der Waals surface area contributed by atoms with Crippen molar-refractivity contribution in [3.63, 3.8) is 0 Å². The number of amidine groups is 1. The highest BCUT2D eigenvalue weighted by atomic mass is 15.2. The number of unbranched alkanes of at least 4 members (excludes halogenated alkanes) is 24. The van der Waals surface area contributed by atoms with Crippen molar-refractivity contribution in [3.8, 4) is 0 Å². The molecule has 0 aromatic rings. The summed E-state index contributed by atoms with van der Waals surface area (Å²) in [7, 11) is 0. The molecule has 0 saturated carbocycles. The zero-order chi connectivity index (χ0) is 29.3. The molecule has 1 rings (SSSR count). The van der Waals surface area contributed by atoms with Gasteiger partial charge in [0.2, 0.25) is 5.84 Å². The summed E-state index contributed by atoms with van der Waals surface area (Å²) in [5, 5.41) is 3.69. The molecule has 1 aliphatic heterocycles. The Morgan fingerprint density at radius 3 is 1.27 bits per heavy atom. The summed E-state index contributed by atoms with van der Waals surface area (Å²) in [5.74, 6) is 1.55. The maximum Gasteiger partial charge on any atom is 0.244 e. The zero-order valence-corrected chi connectivity index (χ0v) is 28.4. The Morgan fingerprint density at radius 1 is 0.463 bits per heavy atom. The first-order chi connectivity index (χ1) is 20.4. The van der Waals surface area contributed by atoms with E-state index in [-0.39, 0.29) is 0 Å². The van der Waals surface area contributed by atoms with Crippen LogP contribution < -0.4 is 5.32 Å². The van der Waals surface area contributed by atoms with Gasteiger partial charge in [-0.05, 0) is 70.6 Å². The van der Waals surface area contributed by atoms with Gasteiger partial charge < -0.3 is 0 Å². The standard InChI is InChI=1S/C39H74N2/c1-3-5-7-9-11-13-15-17-19-21-23-25-27-29-31-33-35-39-40-36-38-41(39)37-34-32-30-28-26-24-22-20-18-16-14-12-10-8-6-4-2/h17-20H,3-16,21-38H2,1-2H3/p+1. The Labute approximate surface area is 259 Å².